The molecule has 0 aliphatic heterocycles. The van der Waals surface area contributed by atoms with Crippen molar-refractivity contribution in [3.05, 3.63) is 0 Å². The minimum atomic E-state index is -0.165. The van der Waals surface area contributed by atoms with Gasteiger partial charge in [0.1, 0.15) is 0 Å². The molecule has 64 valence electrons. The van der Waals surface area contributed by atoms with Crippen LogP contribution in [0.15, 0.2) is 0 Å². The number of nitrogens with zero attached hydrogens (tertiary/aromatic N) is 1. The summed E-state index contributed by atoms with van der Waals surface area (Å²) in [5.74, 6) is -0.165. The second kappa shape index (κ2) is 4.85. The van der Waals surface area contributed by atoms with Crippen LogP contribution in [-0.4, -0.2) is 37.4 Å². The van der Waals surface area contributed by atoms with Gasteiger partial charge in [0.15, 0.2) is 0 Å². The Hall–Kier alpha value is -0.900. The molecule has 4 nitrogen and oxygen atoms in total. The van der Waals surface area contributed by atoms with Crippen LogP contribution >= 0.6 is 0 Å². The van der Waals surface area contributed by atoms with E-state index in [-0.39, 0.29) is 11.9 Å². The average Bonchev–Trinajstić information content (AvgIpc) is 2.02. The molecule has 0 aromatic rings. The minimum Gasteiger partial charge on any atom is -0.317 e. The molecule has 0 aromatic carbocycles. The Labute approximate surface area is 66.6 Å². The number of nitrogens with one attached hydrogen (secondary N) is 1. The molecule has 2 amide bonds. The number of carbonyl (C=O) groups excluding carboxylic acids is 2. The molecule has 0 bridgehead atoms. The van der Waals surface area contributed by atoms with Gasteiger partial charge in [0.2, 0.25) is 12.3 Å². The van der Waals surface area contributed by atoms with Crippen molar-refractivity contribution in [2.45, 2.75) is 19.4 Å². The SMILES string of the molecule is CNC(C)CC(=O)N(C)C=O. The van der Waals surface area contributed by atoms with Crippen molar-refractivity contribution in [3.63, 3.8) is 0 Å². The van der Waals surface area contributed by atoms with Gasteiger partial charge in [0, 0.05) is 19.5 Å². The lowest BCUT2D eigenvalue weighted by Gasteiger charge is -2.12. The molecule has 0 spiro atoms. The van der Waals surface area contributed by atoms with Gasteiger partial charge in [-0.25, -0.2) is 0 Å². The molecule has 4 heteroatoms. The quantitative estimate of drug-likeness (QED) is 0.566. The highest BCUT2D eigenvalue weighted by Crippen LogP contribution is 1.92. The van der Waals surface area contributed by atoms with E-state index in [9.17, 15) is 9.59 Å². The van der Waals surface area contributed by atoms with Crippen molar-refractivity contribution in [2.75, 3.05) is 14.1 Å². The maximum absolute atomic E-state index is 11.0. The topological polar surface area (TPSA) is 49.4 Å². The van der Waals surface area contributed by atoms with Gasteiger partial charge in [-0.1, -0.05) is 0 Å². The van der Waals surface area contributed by atoms with Crippen LogP contribution < -0.4 is 5.32 Å². The molecule has 0 aliphatic carbocycles. The summed E-state index contributed by atoms with van der Waals surface area (Å²) in [7, 11) is 3.23. The van der Waals surface area contributed by atoms with Gasteiger partial charge in [0.25, 0.3) is 0 Å². The molecule has 0 radical (unpaired) electrons. The summed E-state index contributed by atoms with van der Waals surface area (Å²) in [5.41, 5.74) is 0. The van der Waals surface area contributed by atoms with Crippen molar-refractivity contribution >= 4 is 12.3 Å². The Morgan fingerprint density at radius 3 is 2.64 bits per heavy atom. The lowest BCUT2D eigenvalue weighted by molar-refractivity contribution is -0.136. The molecule has 1 unspecified atom stereocenters. The number of hydrogen-bond donors (Lipinski definition) is 1. The maximum atomic E-state index is 11.0. The number of carbonyl (C=O) groups is 2. The summed E-state index contributed by atoms with van der Waals surface area (Å²) in [5, 5.41) is 2.91. The van der Waals surface area contributed by atoms with E-state index in [1.165, 1.54) is 7.05 Å². The predicted octanol–water partition coefficient (Wildman–Crippen LogP) is -0.401. The zero-order valence-electron chi connectivity index (χ0n) is 7.13. The van der Waals surface area contributed by atoms with Crippen LogP contribution in [-0.2, 0) is 9.59 Å². The molecule has 11 heavy (non-hydrogen) atoms. The zero-order valence-corrected chi connectivity index (χ0v) is 7.13. The summed E-state index contributed by atoms with van der Waals surface area (Å²) in [4.78, 5) is 22.1. The van der Waals surface area contributed by atoms with E-state index >= 15 is 0 Å². The van der Waals surface area contributed by atoms with E-state index in [2.05, 4.69) is 5.32 Å². The first-order valence-corrected chi connectivity index (χ1v) is 3.50. The fourth-order valence-electron chi connectivity index (χ4n) is 0.567. The summed E-state index contributed by atoms with van der Waals surface area (Å²) >= 11 is 0. The first-order chi connectivity index (χ1) is 5.11. The van der Waals surface area contributed by atoms with E-state index in [0.29, 0.717) is 12.8 Å². The first kappa shape index (κ1) is 10.1. The lowest BCUT2D eigenvalue weighted by Crippen LogP contribution is -2.32. The molecular weight excluding hydrogens is 144 g/mol. The van der Waals surface area contributed by atoms with Gasteiger partial charge in [-0.05, 0) is 14.0 Å². The van der Waals surface area contributed by atoms with Crippen molar-refractivity contribution in [2.24, 2.45) is 0 Å². The maximum Gasteiger partial charge on any atom is 0.230 e. The van der Waals surface area contributed by atoms with Gasteiger partial charge in [-0.2, -0.15) is 0 Å². The average molecular weight is 158 g/mol. The third-order valence-corrected chi connectivity index (χ3v) is 1.53. The minimum absolute atomic E-state index is 0.116. The van der Waals surface area contributed by atoms with Crippen LogP contribution in [0.3, 0.4) is 0 Å². The van der Waals surface area contributed by atoms with E-state index in [1.54, 1.807) is 7.05 Å². The summed E-state index contributed by atoms with van der Waals surface area (Å²) in [6.45, 7) is 1.89. The Morgan fingerprint density at radius 1 is 1.73 bits per heavy atom. The van der Waals surface area contributed by atoms with E-state index in [1.807, 2.05) is 6.92 Å². The van der Waals surface area contributed by atoms with Gasteiger partial charge < -0.3 is 5.32 Å². The Kier molecular flexibility index (Phi) is 4.45. The highest BCUT2D eigenvalue weighted by Gasteiger charge is 2.10. The molecular formula is C7H14N2O2. The van der Waals surface area contributed by atoms with Gasteiger partial charge in [-0.3, -0.25) is 14.5 Å². The molecule has 0 saturated carbocycles. The summed E-state index contributed by atoms with van der Waals surface area (Å²) in [6, 6.07) is 0.116. The van der Waals surface area contributed by atoms with Crippen LogP contribution in [0.5, 0.6) is 0 Å². The van der Waals surface area contributed by atoms with Crippen LogP contribution in [0.4, 0.5) is 0 Å². The van der Waals surface area contributed by atoms with Crippen LogP contribution in [0.1, 0.15) is 13.3 Å². The normalized spacial score (nSPS) is 12.3. The third-order valence-electron chi connectivity index (χ3n) is 1.53. The van der Waals surface area contributed by atoms with Crippen molar-refractivity contribution in [3.8, 4) is 0 Å². The number of amides is 2. The molecule has 0 aliphatic rings. The Bertz CT molecular complexity index is 147. The summed E-state index contributed by atoms with van der Waals surface area (Å²) in [6.07, 6.45) is 0.871. The van der Waals surface area contributed by atoms with Crippen LogP contribution in [0, 0.1) is 0 Å². The van der Waals surface area contributed by atoms with Crippen LogP contribution in [0.25, 0.3) is 0 Å². The fourth-order valence-corrected chi connectivity index (χ4v) is 0.567. The predicted molar refractivity (Wildman–Crippen MR) is 42.0 cm³/mol. The summed E-state index contributed by atoms with van der Waals surface area (Å²) < 4.78 is 0. The second-order valence-corrected chi connectivity index (χ2v) is 2.50. The molecule has 0 aromatic heterocycles. The lowest BCUT2D eigenvalue weighted by atomic mass is 10.2. The van der Waals surface area contributed by atoms with Gasteiger partial charge in [0.05, 0.1) is 0 Å². The second-order valence-electron chi connectivity index (χ2n) is 2.50. The van der Waals surface area contributed by atoms with Crippen molar-refractivity contribution < 1.29 is 9.59 Å². The van der Waals surface area contributed by atoms with Crippen molar-refractivity contribution in [1.82, 2.24) is 10.2 Å². The highest BCUT2D eigenvalue weighted by atomic mass is 16.2. The van der Waals surface area contributed by atoms with E-state index in [0.717, 1.165) is 4.90 Å². The Balaban J connectivity index is 3.77. The highest BCUT2D eigenvalue weighted by molar-refractivity contribution is 5.85. The Morgan fingerprint density at radius 2 is 2.27 bits per heavy atom. The molecule has 0 fully saturated rings. The molecule has 1 atom stereocenters. The zero-order chi connectivity index (χ0) is 8.85. The molecule has 1 N–H and O–H groups in total. The first-order valence-electron chi connectivity index (χ1n) is 3.50. The standard InChI is InChI=1S/C7H14N2O2/c1-6(8-2)4-7(11)9(3)5-10/h5-6,8H,4H2,1-3H3. The monoisotopic (exact) mass is 158 g/mol. The molecule has 0 heterocycles. The third kappa shape index (κ3) is 3.72. The largest absolute Gasteiger partial charge is 0.317 e. The number of imide groups is 1. The van der Waals surface area contributed by atoms with E-state index in [4.69, 9.17) is 0 Å². The molecule has 0 saturated heterocycles. The van der Waals surface area contributed by atoms with Crippen LogP contribution in [0.2, 0.25) is 0 Å². The molecule has 0 rings (SSSR count). The number of rotatable bonds is 4. The van der Waals surface area contributed by atoms with E-state index < -0.39 is 0 Å². The smallest absolute Gasteiger partial charge is 0.230 e. The fraction of sp³-hybridized carbons (Fsp3) is 0.714. The van der Waals surface area contributed by atoms with Gasteiger partial charge >= 0.3 is 0 Å². The van der Waals surface area contributed by atoms with Gasteiger partial charge in [-0.15, -0.1) is 0 Å². The number of hydrogen-bond acceptors (Lipinski definition) is 3. The van der Waals surface area contributed by atoms with Crippen molar-refractivity contribution in [1.29, 1.82) is 0 Å².